The van der Waals surface area contributed by atoms with Gasteiger partial charge >= 0.3 is 0 Å². The molecule has 1 aliphatic heterocycles. The smallest absolute Gasteiger partial charge is 0.271 e. The van der Waals surface area contributed by atoms with Gasteiger partial charge in [0.2, 0.25) is 11.9 Å². The molecule has 0 spiro atoms. The van der Waals surface area contributed by atoms with Crippen LogP contribution in [-0.2, 0) is 4.79 Å². The van der Waals surface area contributed by atoms with Crippen molar-refractivity contribution < 1.29 is 4.79 Å². The number of H-pyrrole nitrogens is 1. The zero-order valence-corrected chi connectivity index (χ0v) is 16.0. The molecule has 27 heavy (non-hydrogen) atoms. The number of carbonyl (C=O) groups excluding carboxylic acids is 1. The first kappa shape index (κ1) is 18.8. The molecular formula is C18H20N6O2S. The highest BCUT2D eigenvalue weighted by Gasteiger charge is 2.18. The maximum absolute atomic E-state index is 12.0. The van der Waals surface area contributed by atoms with Crippen molar-refractivity contribution in [2.24, 2.45) is 0 Å². The molecule has 0 bridgehead atoms. The Labute approximate surface area is 161 Å². The average Bonchev–Trinajstić information content (AvgIpc) is 2.68. The third-order valence-corrected chi connectivity index (χ3v) is 5.09. The van der Waals surface area contributed by atoms with E-state index < -0.39 is 5.56 Å². The topological polar surface area (TPSA) is 105 Å². The van der Waals surface area contributed by atoms with E-state index in [2.05, 4.69) is 20.2 Å². The second-order valence-electron chi connectivity index (χ2n) is 6.08. The molecule has 9 heteroatoms. The molecule has 3 rings (SSSR count). The Morgan fingerprint density at radius 3 is 2.48 bits per heavy atom. The SMILES string of the molecule is CSc1nc(Nc2ccc(N3CCN(C(C)=O)CC3)cc2)[nH]c(=O)c1C#N. The van der Waals surface area contributed by atoms with Crippen molar-refractivity contribution in [3.05, 3.63) is 40.2 Å². The molecule has 1 amide bonds. The lowest BCUT2D eigenvalue weighted by molar-refractivity contribution is -0.129. The number of nitriles is 1. The van der Waals surface area contributed by atoms with Crippen molar-refractivity contribution in [2.45, 2.75) is 11.9 Å². The Kier molecular flexibility index (Phi) is 5.66. The molecule has 1 aliphatic rings. The van der Waals surface area contributed by atoms with E-state index in [-0.39, 0.29) is 11.5 Å². The van der Waals surface area contributed by atoms with Crippen molar-refractivity contribution in [1.29, 1.82) is 5.26 Å². The summed E-state index contributed by atoms with van der Waals surface area (Å²) < 4.78 is 0. The van der Waals surface area contributed by atoms with Crippen LogP contribution in [0.5, 0.6) is 0 Å². The summed E-state index contributed by atoms with van der Waals surface area (Å²) >= 11 is 1.25. The van der Waals surface area contributed by atoms with Crippen LogP contribution in [0.2, 0.25) is 0 Å². The largest absolute Gasteiger partial charge is 0.368 e. The number of amides is 1. The number of rotatable bonds is 4. The number of benzene rings is 1. The molecule has 0 radical (unpaired) electrons. The van der Waals surface area contributed by atoms with Gasteiger partial charge in [-0.2, -0.15) is 5.26 Å². The van der Waals surface area contributed by atoms with E-state index in [0.717, 1.165) is 37.6 Å². The molecule has 0 saturated carbocycles. The Hall–Kier alpha value is -2.99. The van der Waals surface area contributed by atoms with Gasteiger partial charge in [-0.3, -0.25) is 14.6 Å². The summed E-state index contributed by atoms with van der Waals surface area (Å²) in [6, 6.07) is 9.67. The van der Waals surface area contributed by atoms with Crippen molar-refractivity contribution in [2.75, 3.05) is 42.7 Å². The van der Waals surface area contributed by atoms with Crippen LogP contribution in [0.4, 0.5) is 17.3 Å². The standard InChI is InChI=1S/C18H20N6O2S/c1-12(25)23-7-9-24(10-8-23)14-5-3-13(4-6-14)20-18-21-16(26)15(11-19)17(22-18)27-2/h3-6H,7-10H2,1-2H3,(H2,20,21,22,26). The van der Waals surface area contributed by atoms with Crippen LogP contribution >= 0.6 is 11.8 Å². The van der Waals surface area contributed by atoms with Crippen molar-refractivity contribution >= 4 is 35.0 Å². The van der Waals surface area contributed by atoms with Crippen LogP contribution in [-0.4, -0.2) is 53.2 Å². The van der Waals surface area contributed by atoms with Gasteiger partial charge < -0.3 is 15.1 Å². The number of aromatic amines is 1. The number of hydrogen-bond donors (Lipinski definition) is 2. The molecule has 0 atom stereocenters. The molecule has 0 unspecified atom stereocenters. The van der Waals surface area contributed by atoms with E-state index in [1.807, 2.05) is 35.2 Å². The molecule has 2 heterocycles. The molecule has 2 N–H and O–H groups in total. The van der Waals surface area contributed by atoms with Gasteiger partial charge in [0, 0.05) is 44.5 Å². The minimum atomic E-state index is -0.459. The Morgan fingerprint density at radius 2 is 1.93 bits per heavy atom. The predicted octanol–water partition coefficient (Wildman–Crippen LogP) is 1.78. The maximum Gasteiger partial charge on any atom is 0.271 e. The molecule has 2 aromatic rings. The molecule has 0 aliphatic carbocycles. The van der Waals surface area contributed by atoms with Crippen LogP contribution in [0.3, 0.4) is 0 Å². The highest BCUT2D eigenvalue weighted by molar-refractivity contribution is 7.98. The van der Waals surface area contributed by atoms with E-state index >= 15 is 0 Å². The molecule has 1 aromatic heterocycles. The van der Waals surface area contributed by atoms with Gasteiger partial charge in [0.25, 0.3) is 5.56 Å². The van der Waals surface area contributed by atoms with Crippen LogP contribution in [0, 0.1) is 11.3 Å². The van der Waals surface area contributed by atoms with Crippen LogP contribution in [0.15, 0.2) is 34.1 Å². The molecular weight excluding hydrogens is 364 g/mol. The fourth-order valence-electron chi connectivity index (χ4n) is 2.93. The van der Waals surface area contributed by atoms with Gasteiger partial charge in [-0.15, -0.1) is 11.8 Å². The fourth-order valence-corrected chi connectivity index (χ4v) is 3.45. The summed E-state index contributed by atoms with van der Waals surface area (Å²) in [6.07, 6.45) is 1.77. The van der Waals surface area contributed by atoms with E-state index in [9.17, 15) is 9.59 Å². The van der Waals surface area contributed by atoms with E-state index in [1.54, 1.807) is 13.2 Å². The third-order valence-electron chi connectivity index (χ3n) is 4.41. The van der Waals surface area contributed by atoms with Crippen LogP contribution < -0.4 is 15.8 Å². The van der Waals surface area contributed by atoms with Gasteiger partial charge in [0.1, 0.15) is 16.7 Å². The number of thioether (sulfide) groups is 1. The number of carbonyl (C=O) groups is 1. The van der Waals surface area contributed by atoms with Gasteiger partial charge in [-0.25, -0.2) is 4.98 Å². The monoisotopic (exact) mass is 384 g/mol. The number of nitrogens with one attached hydrogen (secondary N) is 2. The lowest BCUT2D eigenvalue weighted by Crippen LogP contribution is -2.48. The van der Waals surface area contributed by atoms with E-state index in [1.165, 1.54) is 11.8 Å². The second kappa shape index (κ2) is 8.14. The Morgan fingerprint density at radius 1 is 1.26 bits per heavy atom. The first-order chi connectivity index (χ1) is 13.0. The Bertz CT molecular complexity index is 926. The maximum atomic E-state index is 12.0. The number of piperazine rings is 1. The second-order valence-corrected chi connectivity index (χ2v) is 6.87. The average molecular weight is 384 g/mol. The third kappa shape index (κ3) is 4.23. The van der Waals surface area contributed by atoms with Crippen molar-refractivity contribution in [3.63, 3.8) is 0 Å². The van der Waals surface area contributed by atoms with Gasteiger partial charge in [-0.05, 0) is 30.5 Å². The molecule has 1 fully saturated rings. The number of anilines is 3. The zero-order valence-electron chi connectivity index (χ0n) is 15.2. The lowest BCUT2D eigenvalue weighted by atomic mass is 10.2. The van der Waals surface area contributed by atoms with Gasteiger partial charge in [0.05, 0.1) is 0 Å². The highest BCUT2D eigenvalue weighted by atomic mass is 32.2. The highest BCUT2D eigenvalue weighted by Crippen LogP contribution is 2.22. The normalized spacial score (nSPS) is 14.0. The van der Waals surface area contributed by atoms with Crippen LogP contribution in [0.25, 0.3) is 0 Å². The molecule has 8 nitrogen and oxygen atoms in total. The summed E-state index contributed by atoms with van der Waals surface area (Å²) in [7, 11) is 0. The number of hydrogen-bond acceptors (Lipinski definition) is 7. The molecule has 1 aromatic carbocycles. The first-order valence-corrected chi connectivity index (χ1v) is 9.70. The summed E-state index contributed by atoms with van der Waals surface area (Å²) in [6.45, 7) is 4.65. The minimum absolute atomic E-state index is 0.0214. The van der Waals surface area contributed by atoms with Gasteiger partial charge in [0.15, 0.2) is 0 Å². The van der Waals surface area contributed by atoms with Crippen LogP contribution in [0.1, 0.15) is 12.5 Å². The van der Waals surface area contributed by atoms with Crippen molar-refractivity contribution in [1.82, 2.24) is 14.9 Å². The van der Waals surface area contributed by atoms with Gasteiger partial charge in [-0.1, -0.05) is 0 Å². The Balaban J connectivity index is 1.70. The summed E-state index contributed by atoms with van der Waals surface area (Å²) in [5.74, 6) is 0.411. The number of aromatic nitrogens is 2. The fraction of sp³-hybridized carbons (Fsp3) is 0.333. The number of nitrogens with zero attached hydrogens (tertiary/aromatic N) is 4. The van der Waals surface area contributed by atoms with E-state index in [4.69, 9.17) is 5.26 Å². The zero-order chi connectivity index (χ0) is 19.4. The summed E-state index contributed by atoms with van der Waals surface area (Å²) in [5, 5.41) is 12.5. The summed E-state index contributed by atoms with van der Waals surface area (Å²) in [4.78, 5) is 34.3. The summed E-state index contributed by atoms with van der Waals surface area (Å²) in [5.41, 5.74) is 1.42. The molecule has 1 saturated heterocycles. The van der Waals surface area contributed by atoms with Crippen molar-refractivity contribution in [3.8, 4) is 6.07 Å². The van der Waals surface area contributed by atoms with E-state index in [0.29, 0.717) is 11.0 Å². The first-order valence-electron chi connectivity index (χ1n) is 8.47. The molecule has 140 valence electrons. The lowest BCUT2D eigenvalue weighted by Gasteiger charge is -2.35. The quantitative estimate of drug-likeness (QED) is 0.611. The minimum Gasteiger partial charge on any atom is -0.368 e. The predicted molar refractivity (Wildman–Crippen MR) is 106 cm³/mol.